The molecule has 1 aliphatic heterocycles. The van der Waals surface area contributed by atoms with E-state index in [9.17, 15) is 10.1 Å². The zero-order chi connectivity index (χ0) is 16.7. The molecule has 0 unspecified atom stereocenters. The van der Waals surface area contributed by atoms with E-state index in [-0.39, 0.29) is 6.04 Å². The van der Waals surface area contributed by atoms with Gasteiger partial charge in [-0.1, -0.05) is 30.3 Å². The molecule has 0 saturated carbocycles. The number of hydrogen-bond donors (Lipinski definition) is 0. The molecule has 23 heavy (non-hydrogen) atoms. The molecule has 1 aromatic rings. The van der Waals surface area contributed by atoms with E-state index < -0.39 is 11.4 Å². The highest BCUT2D eigenvalue weighted by molar-refractivity contribution is 5.80. The van der Waals surface area contributed by atoms with Crippen LogP contribution in [0.1, 0.15) is 24.8 Å². The van der Waals surface area contributed by atoms with Crippen molar-refractivity contribution in [3.8, 4) is 6.07 Å². The molecule has 0 bridgehead atoms. The molecule has 2 rings (SSSR count). The van der Waals surface area contributed by atoms with Gasteiger partial charge in [0.1, 0.15) is 0 Å². The normalized spacial score (nSPS) is 25.3. The van der Waals surface area contributed by atoms with Gasteiger partial charge in [-0.2, -0.15) is 5.26 Å². The van der Waals surface area contributed by atoms with Gasteiger partial charge in [0, 0.05) is 6.04 Å². The fraction of sp³-hybridized carbons (Fsp3) is 0.556. The Morgan fingerprint density at radius 1 is 1.43 bits per heavy atom. The summed E-state index contributed by atoms with van der Waals surface area (Å²) in [7, 11) is 3.36. The number of likely N-dealkylation sites (tertiary alicyclic amines) is 1. The molecule has 2 atom stereocenters. The van der Waals surface area contributed by atoms with Crippen molar-refractivity contribution in [2.75, 3.05) is 27.3 Å². The van der Waals surface area contributed by atoms with E-state index in [4.69, 9.17) is 9.47 Å². The minimum atomic E-state index is -1.06. The van der Waals surface area contributed by atoms with Crippen LogP contribution in [0.3, 0.4) is 0 Å². The van der Waals surface area contributed by atoms with Crippen LogP contribution < -0.4 is 0 Å². The van der Waals surface area contributed by atoms with Gasteiger partial charge in [0.2, 0.25) is 0 Å². The average molecular weight is 316 g/mol. The molecule has 0 aromatic heterocycles. The molecule has 1 heterocycles. The maximum atomic E-state index is 12.1. The number of nitriles is 1. The molecule has 0 N–H and O–H groups in total. The maximum absolute atomic E-state index is 12.1. The van der Waals surface area contributed by atoms with Crippen molar-refractivity contribution in [3.05, 3.63) is 35.9 Å². The molecule has 0 radical (unpaired) electrons. The fourth-order valence-corrected chi connectivity index (χ4v) is 3.07. The second-order valence-electron chi connectivity index (χ2n) is 6.13. The van der Waals surface area contributed by atoms with Crippen LogP contribution in [0.5, 0.6) is 0 Å². The van der Waals surface area contributed by atoms with Crippen molar-refractivity contribution in [3.63, 3.8) is 0 Å². The number of carbonyl (C=O) groups excluding carboxylic acids is 1. The van der Waals surface area contributed by atoms with E-state index in [2.05, 4.69) is 11.0 Å². The van der Waals surface area contributed by atoms with Crippen LogP contribution in [-0.2, 0) is 20.9 Å². The predicted octanol–water partition coefficient (Wildman–Crippen LogP) is 2.37. The SMILES string of the molecule is COC(=O)[C@]1(C#N)CCCN(C)[C@H](COCc2ccccc2)C1. The highest BCUT2D eigenvalue weighted by Crippen LogP contribution is 2.35. The summed E-state index contributed by atoms with van der Waals surface area (Å²) in [5, 5.41) is 9.57. The van der Waals surface area contributed by atoms with Crippen LogP contribution in [0, 0.1) is 16.7 Å². The van der Waals surface area contributed by atoms with Gasteiger partial charge in [0.15, 0.2) is 5.41 Å². The van der Waals surface area contributed by atoms with Crippen LogP contribution >= 0.6 is 0 Å². The van der Waals surface area contributed by atoms with E-state index in [0.717, 1.165) is 18.5 Å². The summed E-state index contributed by atoms with van der Waals surface area (Å²) < 4.78 is 10.7. The van der Waals surface area contributed by atoms with E-state index >= 15 is 0 Å². The van der Waals surface area contributed by atoms with Crippen molar-refractivity contribution in [2.24, 2.45) is 5.41 Å². The Bertz CT molecular complexity index is 555. The first-order chi connectivity index (χ1) is 11.1. The van der Waals surface area contributed by atoms with Crippen LogP contribution in [0.2, 0.25) is 0 Å². The standard InChI is InChI=1S/C18H24N2O3/c1-20-10-6-9-18(14-19,17(21)22-2)11-16(20)13-23-12-15-7-4-3-5-8-15/h3-5,7-8,16H,6,9-13H2,1-2H3/t16-,18+/m0/s1. The summed E-state index contributed by atoms with van der Waals surface area (Å²) in [5.74, 6) is -0.427. The largest absolute Gasteiger partial charge is 0.468 e. The summed E-state index contributed by atoms with van der Waals surface area (Å²) in [6.07, 6.45) is 1.78. The van der Waals surface area contributed by atoms with E-state index in [0.29, 0.717) is 26.1 Å². The zero-order valence-electron chi connectivity index (χ0n) is 13.8. The molecule has 5 heteroatoms. The Labute approximate surface area is 137 Å². The number of methoxy groups -OCH3 is 1. The Kier molecular flexibility index (Phi) is 6.14. The van der Waals surface area contributed by atoms with Gasteiger partial charge < -0.3 is 14.4 Å². The van der Waals surface area contributed by atoms with Crippen molar-refractivity contribution < 1.29 is 14.3 Å². The first-order valence-electron chi connectivity index (χ1n) is 7.93. The first-order valence-corrected chi connectivity index (χ1v) is 7.93. The maximum Gasteiger partial charge on any atom is 0.326 e. The Balaban J connectivity index is 2.00. The summed E-state index contributed by atoms with van der Waals surface area (Å²) >= 11 is 0. The van der Waals surface area contributed by atoms with Crippen LogP contribution in [-0.4, -0.2) is 44.2 Å². The molecular weight excluding hydrogens is 292 g/mol. The van der Waals surface area contributed by atoms with Gasteiger partial charge in [-0.05, 0) is 38.4 Å². The number of rotatable bonds is 5. The molecule has 0 aliphatic carbocycles. The van der Waals surface area contributed by atoms with Crippen LogP contribution in [0.4, 0.5) is 0 Å². The lowest BCUT2D eigenvalue weighted by atomic mass is 9.80. The Morgan fingerprint density at radius 3 is 2.83 bits per heavy atom. The van der Waals surface area contributed by atoms with Crippen LogP contribution in [0.25, 0.3) is 0 Å². The summed E-state index contributed by atoms with van der Waals surface area (Å²) in [6.45, 7) is 1.87. The van der Waals surface area contributed by atoms with Gasteiger partial charge in [-0.3, -0.25) is 4.79 Å². The minimum absolute atomic E-state index is 0.0277. The monoisotopic (exact) mass is 316 g/mol. The Hall–Kier alpha value is -1.90. The number of carbonyl (C=O) groups is 1. The molecule has 5 nitrogen and oxygen atoms in total. The number of benzene rings is 1. The number of hydrogen-bond acceptors (Lipinski definition) is 5. The number of esters is 1. The molecule has 1 fully saturated rings. The van der Waals surface area contributed by atoms with Crippen molar-refractivity contribution >= 4 is 5.97 Å². The number of ether oxygens (including phenoxy) is 2. The van der Waals surface area contributed by atoms with Gasteiger partial charge in [-0.25, -0.2) is 0 Å². The van der Waals surface area contributed by atoms with E-state index in [1.54, 1.807) is 0 Å². The van der Waals surface area contributed by atoms with E-state index in [1.165, 1.54) is 7.11 Å². The average Bonchev–Trinajstić information content (AvgIpc) is 2.75. The van der Waals surface area contributed by atoms with Gasteiger partial charge in [0.25, 0.3) is 0 Å². The topological polar surface area (TPSA) is 62.6 Å². The van der Waals surface area contributed by atoms with Gasteiger partial charge in [-0.15, -0.1) is 0 Å². The van der Waals surface area contributed by atoms with E-state index in [1.807, 2.05) is 37.4 Å². The highest BCUT2D eigenvalue weighted by atomic mass is 16.5. The van der Waals surface area contributed by atoms with Gasteiger partial charge in [0.05, 0.1) is 26.4 Å². The molecule has 124 valence electrons. The second kappa shape index (κ2) is 8.09. The lowest BCUT2D eigenvalue weighted by Gasteiger charge is -2.29. The smallest absolute Gasteiger partial charge is 0.326 e. The highest BCUT2D eigenvalue weighted by Gasteiger charge is 2.44. The third-order valence-corrected chi connectivity index (χ3v) is 4.53. The molecule has 0 amide bonds. The minimum Gasteiger partial charge on any atom is -0.468 e. The Morgan fingerprint density at radius 2 is 2.17 bits per heavy atom. The molecule has 1 aromatic carbocycles. The van der Waals surface area contributed by atoms with Crippen molar-refractivity contribution in [2.45, 2.75) is 31.9 Å². The first kappa shape index (κ1) is 17.5. The number of nitrogens with zero attached hydrogens (tertiary/aromatic N) is 2. The quantitative estimate of drug-likeness (QED) is 0.780. The van der Waals surface area contributed by atoms with Crippen molar-refractivity contribution in [1.82, 2.24) is 4.90 Å². The molecule has 0 spiro atoms. The summed E-state index contributed by atoms with van der Waals surface area (Å²) in [6, 6.07) is 12.2. The second-order valence-corrected chi connectivity index (χ2v) is 6.13. The third kappa shape index (κ3) is 4.31. The predicted molar refractivity (Wildman–Crippen MR) is 86.4 cm³/mol. The molecule has 1 saturated heterocycles. The fourth-order valence-electron chi connectivity index (χ4n) is 3.07. The molecule has 1 aliphatic rings. The molecular formula is C18H24N2O3. The number of likely N-dealkylation sites (N-methyl/N-ethyl adjacent to an activating group) is 1. The summed E-state index contributed by atoms with van der Waals surface area (Å²) in [4.78, 5) is 14.3. The van der Waals surface area contributed by atoms with Crippen molar-refractivity contribution in [1.29, 1.82) is 5.26 Å². The summed E-state index contributed by atoms with van der Waals surface area (Å²) in [5.41, 5.74) is 0.0589. The third-order valence-electron chi connectivity index (χ3n) is 4.53. The lowest BCUT2D eigenvalue weighted by molar-refractivity contribution is -0.150. The lowest BCUT2D eigenvalue weighted by Crippen LogP contribution is -2.40. The van der Waals surface area contributed by atoms with Gasteiger partial charge >= 0.3 is 5.97 Å². The zero-order valence-corrected chi connectivity index (χ0v) is 13.8. The van der Waals surface area contributed by atoms with Crippen LogP contribution in [0.15, 0.2) is 30.3 Å².